The average Bonchev–Trinajstić information content (AvgIpc) is 3.59. The van der Waals surface area contributed by atoms with Crippen LogP contribution >= 0.6 is 11.3 Å². The van der Waals surface area contributed by atoms with Gasteiger partial charge in [-0.1, -0.05) is 47.6 Å². The molecule has 12 heteroatoms. The Kier molecular flexibility index (Phi) is 12.8. The third kappa shape index (κ3) is 9.92. The molecule has 0 aliphatic carbocycles. The minimum Gasteiger partial charge on any atom is -0.344 e. The van der Waals surface area contributed by atoms with Crippen LogP contribution in [0.4, 0.5) is 4.79 Å². The van der Waals surface area contributed by atoms with E-state index in [2.05, 4.69) is 21.9 Å². The van der Waals surface area contributed by atoms with Gasteiger partial charge in [-0.2, -0.15) is 0 Å². The van der Waals surface area contributed by atoms with Crippen molar-refractivity contribution in [1.82, 2.24) is 25.2 Å². The van der Waals surface area contributed by atoms with Gasteiger partial charge in [-0.15, -0.1) is 23.7 Å². The molecule has 5 unspecified atom stereocenters. The molecule has 2 heterocycles. The molecular formula is C30H47N5O5S2. The van der Waals surface area contributed by atoms with Gasteiger partial charge in [0.25, 0.3) is 0 Å². The fourth-order valence-corrected chi connectivity index (χ4v) is 6.81. The van der Waals surface area contributed by atoms with Gasteiger partial charge in [-0.25, -0.2) is 13.3 Å². The number of carbonyl (C=O) groups is 4. The molecule has 10 nitrogen and oxygen atoms in total. The topological polar surface area (TPSA) is 128 Å². The van der Waals surface area contributed by atoms with Gasteiger partial charge in [0.05, 0.1) is 6.04 Å². The Labute approximate surface area is 257 Å². The van der Waals surface area contributed by atoms with Crippen LogP contribution < -0.4 is 16.0 Å². The third-order valence-electron chi connectivity index (χ3n) is 7.35. The van der Waals surface area contributed by atoms with Crippen LogP contribution in [0.3, 0.4) is 0 Å². The molecule has 4 amide bonds. The fraction of sp³-hybridized carbons (Fsp3) is 0.667. The van der Waals surface area contributed by atoms with Gasteiger partial charge < -0.3 is 20.9 Å². The fourth-order valence-electron chi connectivity index (χ4n) is 4.70. The number of urea groups is 1. The van der Waals surface area contributed by atoms with Crippen molar-refractivity contribution in [3.8, 4) is 12.3 Å². The molecule has 234 valence electrons. The molecule has 0 radical (unpaired) electrons. The van der Waals surface area contributed by atoms with Crippen molar-refractivity contribution >= 4 is 46.0 Å². The molecule has 0 bridgehead atoms. The summed E-state index contributed by atoms with van der Waals surface area (Å²) in [4.78, 5) is 54.0. The van der Waals surface area contributed by atoms with Crippen molar-refractivity contribution in [1.29, 1.82) is 0 Å². The maximum Gasteiger partial charge on any atom is 0.315 e. The summed E-state index contributed by atoms with van der Waals surface area (Å²) in [7, 11) is 0.379. The first-order chi connectivity index (χ1) is 19.5. The molecule has 1 saturated heterocycles. The number of thiophene rings is 1. The van der Waals surface area contributed by atoms with Gasteiger partial charge in [-0.3, -0.25) is 14.4 Å². The SMILES string of the molecule is C#CCCC(NC(=O)C1CCCN1C(=O)C(NC(=O)NC(CN(C)S(=O)c1cccs1)C(C)(C)C)C(C)(C)C)C(C)=O. The van der Waals surface area contributed by atoms with Crippen LogP contribution in [0.2, 0.25) is 0 Å². The number of hydrogen-bond donors (Lipinski definition) is 3. The van der Waals surface area contributed by atoms with Crippen molar-refractivity contribution in [3.63, 3.8) is 0 Å². The Hall–Kier alpha value is -2.75. The highest BCUT2D eigenvalue weighted by molar-refractivity contribution is 7.85. The standard InChI is InChI=1S/C30H47N5O5S2/c1-10-11-14-21(20(2)36)31-26(37)22-15-12-17-35(22)27(38)25(30(6,7)8)33-28(39)32-23(29(3,4)5)19-34(9)42(40)24-16-13-18-41-24/h1,13,16,18,21-23,25H,11-12,14-15,17,19H2,2-9H3,(H,31,37)(H2,32,33,39). The summed E-state index contributed by atoms with van der Waals surface area (Å²) in [5.74, 6) is 1.53. The molecule has 5 atom stereocenters. The summed E-state index contributed by atoms with van der Waals surface area (Å²) in [6, 6.07) is 0.362. The lowest BCUT2D eigenvalue weighted by atomic mass is 9.85. The molecule has 0 aromatic carbocycles. The summed E-state index contributed by atoms with van der Waals surface area (Å²) >= 11 is 1.41. The van der Waals surface area contributed by atoms with E-state index in [1.165, 1.54) is 23.2 Å². The molecule has 3 N–H and O–H groups in total. The second-order valence-electron chi connectivity index (χ2n) is 12.9. The van der Waals surface area contributed by atoms with Crippen LogP contribution in [0.1, 0.15) is 74.1 Å². The molecule has 0 spiro atoms. The number of hydrogen-bond acceptors (Lipinski definition) is 6. The van der Waals surface area contributed by atoms with Crippen LogP contribution in [0.15, 0.2) is 21.7 Å². The maximum atomic E-state index is 13.9. The zero-order chi connectivity index (χ0) is 31.8. The molecule has 2 rings (SSSR count). The van der Waals surface area contributed by atoms with E-state index < -0.39 is 46.5 Å². The lowest BCUT2D eigenvalue weighted by molar-refractivity contribution is -0.142. The van der Waals surface area contributed by atoms with E-state index in [9.17, 15) is 23.4 Å². The second kappa shape index (κ2) is 15.1. The van der Waals surface area contributed by atoms with E-state index in [-0.39, 0.29) is 23.1 Å². The van der Waals surface area contributed by atoms with Crippen LogP contribution in [0.5, 0.6) is 0 Å². The smallest absolute Gasteiger partial charge is 0.315 e. The quantitative estimate of drug-likeness (QED) is 0.309. The molecule has 1 fully saturated rings. The van der Waals surface area contributed by atoms with Crippen molar-refractivity contribution < 1.29 is 23.4 Å². The Morgan fingerprint density at radius 1 is 1.14 bits per heavy atom. The number of nitrogens with one attached hydrogen (secondary N) is 3. The first kappa shape index (κ1) is 35.4. The molecular weight excluding hydrogens is 574 g/mol. The largest absolute Gasteiger partial charge is 0.344 e. The highest BCUT2D eigenvalue weighted by Crippen LogP contribution is 2.27. The van der Waals surface area contributed by atoms with Gasteiger partial charge in [-0.05, 0) is 48.5 Å². The third-order valence-corrected chi connectivity index (χ3v) is 9.93. The number of amides is 4. The minimum atomic E-state index is -1.37. The van der Waals surface area contributed by atoms with E-state index in [1.54, 1.807) is 11.4 Å². The molecule has 1 aliphatic heterocycles. The molecule has 1 aliphatic rings. The van der Waals surface area contributed by atoms with Crippen molar-refractivity contribution in [3.05, 3.63) is 17.5 Å². The number of rotatable bonds is 12. The van der Waals surface area contributed by atoms with Crippen molar-refractivity contribution in [2.24, 2.45) is 10.8 Å². The lowest BCUT2D eigenvalue weighted by Gasteiger charge is -2.37. The first-order valence-corrected chi connectivity index (χ1v) is 16.2. The van der Waals surface area contributed by atoms with Gasteiger partial charge in [0, 0.05) is 32.6 Å². The average molecular weight is 622 g/mol. The minimum absolute atomic E-state index is 0.196. The summed E-state index contributed by atoms with van der Waals surface area (Å²) in [6.45, 7) is 13.6. The van der Waals surface area contributed by atoms with Gasteiger partial charge in [0.1, 0.15) is 27.3 Å². The number of terminal acetylenes is 1. The number of Topliss-reactive ketones (excluding diaryl/α,β-unsaturated/α-hetero) is 1. The zero-order valence-corrected chi connectivity index (χ0v) is 27.7. The molecule has 0 saturated carbocycles. The second-order valence-corrected chi connectivity index (χ2v) is 15.7. The molecule has 1 aromatic heterocycles. The highest BCUT2D eigenvalue weighted by atomic mass is 32.2. The van der Waals surface area contributed by atoms with Gasteiger partial charge in [0.2, 0.25) is 11.8 Å². The van der Waals surface area contributed by atoms with E-state index in [4.69, 9.17) is 6.42 Å². The van der Waals surface area contributed by atoms with Crippen LogP contribution in [-0.2, 0) is 25.4 Å². The summed E-state index contributed by atoms with van der Waals surface area (Å²) < 4.78 is 15.4. The summed E-state index contributed by atoms with van der Waals surface area (Å²) in [6.07, 6.45) is 7.09. The van der Waals surface area contributed by atoms with E-state index in [0.29, 0.717) is 38.8 Å². The van der Waals surface area contributed by atoms with Gasteiger partial charge in [0.15, 0.2) is 5.78 Å². The zero-order valence-electron chi connectivity index (χ0n) is 26.1. The molecule has 42 heavy (non-hydrogen) atoms. The number of carbonyl (C=O) groups excluding carboxylic acids is 4. The van der Waals surface area contributed by atoms with Crippen molar-refractivity contribution in [2.75, 3.05) is 20.1 Å². The van der Waals surface area contributed by atoms with E-state index >= 15 is 0 Å². The Morgan fingerprint density at radius 2 is 1.81 bits per heavy atom. The molecule has 1 aromatic rings. The Balaban J connectivity index is 2.17. The maximum absolute atomic E-state index is 13.9. The summed E-state index contributed by atoms with van der Waals surface area (Å²) in [5, 5.41) is 10.5. The number of ketones is 1. The van der Waals surface area contributed by atoms with Crippen LogP contribution in [0.25, 0.3) is 0 Å². The number of nitrogens with zero attached hydrogens (tertiary/aromatic N) is 2. The monoisotopic (exact) mass is 621 g/mol. The van der Waals surface area contributed by atoms with Crippen LogP contribution in [-0.4, -0.2) is 81.3 Å². The normalized spacial score (nSPS) is 18.5. The van der Waals surface area contributed by atoms with E-state index in [1.807, 2.05) is 59.1 Å². The highest BCUT2D eigenvalue weighted by Gasteiger charge is 2.43. The predicted molar refractivity (Wildman–Crippen MR) is 167 cm³/mol. The van der Waals surface area contributed by atoms with Gasteiger partial charge >= 0.3 is 6.03 Å². The predicted octanol–water partition coefficient (Wildman–Crippen LogP) is 3.31. The Morgan fingerprint density at radius 3 is 2.33 bits per heavy atom. The van der Waals surface area contributed by atoms with Crippen molar-refractivity contribution in [2.45, 2.75) is 103 Å². The number of likely N-dealkylation sites (N-methyl/N-ethyl adjacent to an activating group) is 1. The van der Waals surface area contributed by atoms with Crippen LogP contribution in [0, 0.1) is 23.2 Å². The Bertz CT molecular complexity index is 1170. The summed E-state index contributed by atoms with van der Waals surface area (Å²) in [5.41, 5.74) is -1.04. The first-order valence-electron chi connectivity index (χ1n) is 14.3. The lowest BCUT2D eigenvalue weighted by Crippen LogP contribution is -2.61. The van der Waals surface area contributed by atoms with E-state index in [0.717, 1.165) is 4.21 Å². The number of likely N-dealkylation sites (tertiary alicyclic amines) is 1.